The van der Waals surface area contributed by atoms with E-state index in [4.69, 9.17) is 14.2 Å². The van der Waals surface area contributed by atoms with Gasteiger partial charge in [0.2, 0.25) is 0 Å². The monoisotopic (exact) mass is 433 g/mol. The maximum atomic E-state index is 10.1. The molecular formula is C20H36BrNO4. The summed E-state index contributed by atoms with van der Waals surface area (Å²) >= 11 is 3.34. The molecule has 26 heavy (non-hydrogen) atoms. The molecule has 0 unspecified atom stereocenters. The first-order valence-electron chi connectivity index (χ1n) is 9.30. The molecule has 0 atom stereocenters. The van der Waals surface area contributed by atoms with Gasteiger partial charge in [-0.3, -0.25) is 0 Å². The van der Waals surface area contributed by atoms with Crippen molar-refractivity contribution in [3.8, 4) is 0 Å². The Morgan fingerprint density at radius 2 is 1.65 bits per heavy atom. The predicted octanol–water partition coefficient (Wildman–Crippen LogP) is 4.39. The van der Waals surface area contributed by atoms with Crippen molar-refractivity contribution in [2.45, 2.75) is 40.0 Å². The maximum absolute atomic E-state index is 10.1. The molecular weight excluding hydrogens is 398 g/mol. The van der Waals surface area contributed by atoms with E-state index in [1.165, 1.54) is 0 Å². The highest BCUT2D eigenvalue weighted by molar-refractivity contribution is 9.11. The van der Waals surface area contributed by atoms with E-state index in [9.17, 15) is 4.79 Å². The van der Waals surface area contributed by atoms with Crippen LogP contribution in [0.25, 0.3) is 0 Å². The largest absolute Gasteiger partial charge is 0.496 e. The lowest BCUT2D eigenvalue weighted by Gasteiger charge is -2.08. The number of hydrogen-bond acceptors (Lipinski definition) is 5. The van der Waals surface area contributed by atoms with Gasteiger partial charge >= 0.3 is 0 Å². The summed E-state index contributed by atoms with van der Waals surface area (Å²) in [6.45, 7) is 14.3. The molecule has 0 saturated carbocycles. The lowest BCUT2D eigenvalue weighted by molar-refractivity contribution is -0.108. The van der Waals surface area contributed by atoms with E-state index in [2.05, 4.69) is 27.8 Å². The van der Waals surface area contributed by atoms with E-state index in [1.54, 1.807) is 6.08 Å². The quantitative estimate of drug-likeness (QED) is 0.159. The Bertz CT molecular complexity index is 384. The second-order valence-corrected chi connectivity index (χ2v) is 5.93. The van der Waals surface area contributed by atoms with Crippen molar-refractivity contribution in [3.63, 3.8) is 0 Å². The fourth-order valence-corrected chi connectivity index (χ4v) is 1.76. The van der Waals surface area contributed by atoms with Gasteiger partial charge in [0, 0.05) is 30.6 Å². The highest BCUT2D eigenvalue weighted by Crippen LogP contribution is 2.06. The number of nitrogens with one attached hydrogen (secondary N) is 1. The molecule has 0 amide bonds. The number of carbonyl (C=O) groups excluding carboxylic acids is 1. The number of carbonyl (C=O) groups is 1. The topological polar surface area (TPSA) is 56.8 Å². The Balaban J connectivity index is 0. The van der Waals surface area contributed by atoms with Crippen molar-refractivity contribution in [2.75, 3.05) is 46.1 Å². The van der Waals surface area contributed by atoms with Gasteiger partial charge in [-0.25, -0.2) is 0 Å². The molecule has 0 aromatic rings. The molecule has 1 N–H and O–H groups in total. The van der Waals surface area contributed by atoms with Gasteiger partial charge in [0.1, 0.15) is 12.9 Å². The number of allylic oxidation sites excluding steroid dienone is 5. The van der Waals surface area contributed by atoms with E-state index in [0.29, 0.717) is 32.8 Å². The summed E-state index contributed by atoms with van der Waals surface area (Å²) in [5, 5.41) is 3.25. The fourth-order valence-electron chi connectivity index (χ4n) is 1.62. The maximum Gasteiger partial charge on any atom is 0.119 e. The van der Waals surface area contributed by atoms with Gasteiger partial charge in [-0.2, -0.15) is 0 Å². The van der Waals surface area contributed by atoms with Gasteiger partial charge in [0.25, 0.3) is 0 Å². The molecule has 0 rings (SSSR count). The van der Waals surface area contributed by atoms with Gasteiger partial charge in [0.05, 0.1) is 25.6 Å². The van der Waals surface area contributed by atoms with Crippen LogP contribution in [-0.4, -0.2) is 52.4 Å². The Hall–Kier alpha value is -0.950. The summed E-state index contributed by atoms with van der Waals surface area (Å²) in [5.41, 5.74) is 0. The second-order valence-electron chi connectivity index (χ2n) is 5.02. The first kappa shape index (κ1) is 27.3. The lowest BCUT2D eigenvalue weighted by atomic mass is 10.3. The first-order chi connectivity index (χ1) is 12.7. The van der Waals surface area contributed by atoms with E-state index in [-0.39, 0.29) is 0 Å². The molecule has 0 aromatic heterocycles. The zero-order chi connectivity index (χ0) is 19.9. The number of hydrogen-bond donors (Lipinski definition) is 1. The number of ether oxygens (including phenoxy) is 3. The average molecular weight is 434 g/mol. The number of rotatable bonds is 17. The zero-order valence-electron chi connectivity index (χ0n) is 16.6. The average Bonchev–Trinajstić information content (AvgIpc) is 2.67. The molecule has 0 spiro atoms. The minimum Gasteiger partial charge on any atom is -0.496 e. The summed E-state index contributed by atoms with van der Waals surface area (Å²) in [7, 11) is 0. The smallest absolute Gasteiger partial charge is 0.119 e. The number of halogens is 1. The van der Waals surface area contributed by atoms with E-state index in [1.807, 2.05) is 32.9 Å². The van der Waals surface area contributed by atoms with Gasteiger partial charge in [-0.15, -0.1) is 0 Å². The molecule has 0 heterocycles. The van der Waals surface area contributed by atoms with E-state index >= 15 is 0 Å². The summed E-state index contributed by atoms with van der Waals surface area (Å²) in [4.78, 5) is 10.1. The molecule has 5 nitrogen and oxygen atoms in total. The summed E-state index contributed by atoms with van der Waals surface area (Å²) in [5.74, 6) is 0.834. The molecule has 0 saturated heterocycles. The van der Waals surface area contributed by atoms with Crippen LogP contribution in [0.3, 0.4) is 0 Å². The highest BCUT2D eigenvalue weighted by atomic mass is 79.9. The van der Waals surface area contributed by atoms with E-state index < -0.39 is 0 Å². The number of aldehydes is 1. The summed E-state index contributed by atoms with van der Waals surface area (Å²) in [6.07, 6.45) is 8.91. The Kier molecular flexibility index (Phi) is 25.2. The van der Waals surface area contributed by atoms with Crippen molar-refractivity contribution < 1.29 is 19.0 Å². The highest BCUT2D eigenvalue weighted by Gasteiger charge is 1.93. The van der Waals surface area contributed by atoms with Crippen LogP contribution < -0.4 is 5.32 Å². The third kappa shape index (κ3) is 23.1. The summed E-state index contributed by atoms with van der Waals surface area (Å²) < 4.78 is 17.3. The predicted molar refractivity (Wildman–Crippen MR) is 113 cm³/mol. The van der Waals surface area contributed by atoms with Crippen LogP contribution in [0.5, 0.6) is 0 Å². The minimum absolute atomic E-state index is 0.534. The van der Waals surface area contributed by atoms with Gasteiger partial charge < -0.3 is 24.3 Å². The minimum atomic E-state index is 0.534. The Morgan fingerprint density at radius 3 is 2.27 bits per heavy atom. The third-order valence-electron chi connectivity index (χ3n) is 2.94. The van der Waals surface area contributed by atoms with Crippen LogP contribution in [0.15, 0.2) is 35.0 Å². The van der Waals surface area contributed by atoms with Gasteiger partial charge in [-0.1, -0.05) is 42.4 Å². The molecule has 0 aromatic carbocycles. The van der Waals surface area contributed by atoms with Crippen molar-refractivity contribution in [1.29, 1.82) is 0 Å². The van der Waals surface area contributed by atoms with Crippen LogP contribution >= 0.6 is 15.9 Å². The van der Waals surface area contributed by atoms with Crippen LogP contribution in [0.1, 0.15) is 40.0 Å². The van der Waals surface area contributed by atoms with Crippen molar-refractivity contribution in [1.82, 2.24) is 5.32 Å². The zero-order valence-corrected chi connectivity index (χ0v) is 18.2. The van der Waals surface area contributed by atoms with Crippen molar-refractivity contribution in [2.24, 2.45) is 0 Å². The van der Waals surface area contributed by atoms with Crippen LogP contribution in [0.4, 0.5) is 0 Å². The second kappa shape index (κ2) is 24.1. The molecule has 0 aliphatic carbocycles. The van der Waals surface area contributed by atoms with Crippen molar-refractivity contribution >= 4 is 22.2 Å². The normalized spacial score (nSPS) is 11.5. The summed E-state index contributed by atoms with van der Waals surface area (Å²) in [6, 6.07) is 0. The van der Waals surface area contributed by atoms with Crippen LogP contribution in [-0.2, 0) is 19.0 Å². The molecule has 6 heteroatoms. The Labute approximate surface area is 168 Å². The van der Waals surface area contributed by atoms with Gasteiger partial charge in [-0.05, 0) is 31.9 Å². The Morgan fingerprint density at radius 1 is 1.00 bits per heavy atom. The third-order valence-corrected chi connectivity index (χ3v) is 3.52. The fraction of sp³-hybridized carbons (Fsp3) is 0.650. The van der Waals surface area contributed by atoms with Crippen LogP contribution in [0, 0.1) is 0 Å². The molecule has 0 aliphatic rings. The molecule has 0 aliphatic heterocycles. The first-order valence-corrected chi connectivity index (χ1v) is 10.1. The molecule has 0 bridgehead atoms. The van der Waals surface area contributed by atoms with E-state index in [0.717, 1.165) is 49.1 Å². The lowest BCUT2D eigenvalue weighted by Crippen LogP contribution is -2.24. The van der Waals surface area contributed by atoms with Crippen LogP contribution in [0.2, 0.25) is 0 Å². The number of unbranched alkanes of at least 4 members (excludes halogenated alkanes) is 2. The van der Waals surface area contributed by atoms with Gasteiger partial charge in [0.15, 0.2) is 0 Å². The van der Waals surface area contributed by atoms with Crippen molar-refractivity contribution in [3.05, 3.63) is 35.0 Å². The molecule has 0 radical (unpaired) electrons. The molecule has 0 fully saturated rings. The standard InChI is InChI=1S/C18H30BrNO4.C2H6/c1-3-18(19)8-7-17(2)24-16-15-23-14-10-20-9-13-22-12-6-4-5-11-21;1-2/h3,7-8,11,20H,1,4-6,9-10,12-16H2,2H3;1-2H3/b17-7+,18-8+;. The molecule has 152 valence electrons. The SMILES string of the molecule is C=C/C(Br)=C\C=C(/C)OCCOCCNCCOCCCCC=O.CC.